The second-order valence-corrected chi connectivity index (χ2v) is 8.93. The molecule has 184 valence electrons. The Balaban J connectivity index is 2.90. The average Bonchev–Trinajstić information content (AvgIpc) is 2.71. The summed E-state index contributed by atoms with van der Waals surface area (Å²) in [6, 6.07) is 2.57. The van der Waals surface area contributed by atoms with E-state index in [-0.39, 0.29) is 53.0 Å². The Bertz CT molecular complexity index is 858. The van der Waals surface area contributed by atoms with E-state index in [1.54, 1.807) is 0 Å². The quantitative estimate of drug-likeness (QED) is 0.143. The molecule has 4 unspecified atom stereocenters. The lowest BCUT2D eigenvalue weighted by Gasteiger charge is -2.30. The smallest absolute Gasteiger partial charge is 0.416 e. The van der Waals surface area contributed by atoms with Gasteiger partial charge in [0, 0.05) is 26.2 Å². The van der Waals surface area contributed by atoms with Gasteiger partial charge in [-0.25, -0.2) is 0 Å². The monoisotopic (exact) mass is 468 g/mol. The van der Waals surface area contributed by atoms with Crippen molar-refractivity contribution in [2.75, 3.05) is 0 Å². The Morgan fingerprint density at radius 2 is 1.55 bits per heavy atom. The number of hydrogen-bond acceptors (Lipinski definition) is 4. The Hall–Kier alpha value is -2.44. The summed E-state index contributed by atoms with van der Waals surface area (Å²) in [4.78, 5) is 36.5. The van der Waals surface area contributed by atoms with E-state index in [4.69, 9.17) is 4.74 Å². The molecule has 0 aliphatic carbocycles. The summed E-state index contributed by atoms with van der Waals surface area (Å²) in [5, 5.41) is 0. The number of carbonyl (C=O) groups is 3. The zero-order chi connectivity index (χ0) is 25.3. The lowest BCUT2D eigenvalue weighted by molar-refractivity contribution is -0.138. The molecule has 1 aromatic carbocycles. The molecule has 4 nitrogen and oxygen atoms in total. The fourth-order valence-electron chi connectivity index (χ4n) is 3.80. The van der Waals surface area contributed by atoms with Crippen LogP contribution in [0.25, 0.3) is 0 Å². The lowest BCUT2D eigenvalue weighted by atomic mass is 9.75. The van der Waals surface area contributed by atoms with E-state index in [2.05, 4.69) is 0 Å². The van der Waals surface area contributed by atoms with Crippen LogP contribution < -0.4 is 4.74 Å². The fourth-order valence-corrected chi connectivity index (χ4v) is 3.80. The van der Waals surface area contributed by atoms with Gasteiger partial charge in [-0.3, -0.25) is 14.4 Å². The van der Waals surface area contributed by atoms with Crippen LogP contribution in [0.4, 0.5) is 13.2 Å². The van der Waals surface area contributed by atoms with E-state index in [0.29, 0.717) is 18.9 Å². The second kappa shape index (κ2) is 12.7. The minimum Gasteiger partial charge on any atom is -0.426 e. The van der Waals surface area contributed by atoms with Crippen LogP contribution in [0.3, 0.4) is 0 Å². The maximum Gasteiger partial charge on any atom is 0.416 e. The normalized spacial score (nSPS) is 15.7. The molecular formula is C26H35F3O4. The highest BCUT2D eigenvalue weighted by Gasteiger charge is 2.33. The van der Waals surface area contributed by atoms with Gasteiger partial charge in [0.2, 0.25) is 0 Å². The maximum absolute atomic E-state index is 13.0. The molecule has 0 N–H and O–H groups in total. The summed E-state index contributed by atoms with van der Waals surface area (Å²) in [6.45, 7) is 11.1. The largest absolute Gasteiger partial charge is 0.426 e. The molecule has 0 saturated carbocycles. The molecular weight excluding hydrogens is 433 g/mol. The molecule has 7 heteroatoms. The van der Waals surface area contributed by atoms with Crippen LogP contribution in [-0.4, -0.2) is 17.5 Å². The predicted octanol–water partition coefficient (Wildman–Crippen LogP) is 7.06. The van der Waals surface area contributed by atoms with E-state index in [1.165, 1.54) is 0 Å². The van der Waals surface area contributed by atoms with Gasteiger partial charge in [-0.2, -0.15) is 13.2 Å². The number of alkyl halides is 3. The third-order valence-electron chi connectivity index (χ3n) is 6.29. The molecule has 0 radical (unpaired) electrons. The van der Waals surface area contributed by atoms with Crippen molar-refractivity contribution in [3.63, 3.8) is 0 Å². The van der Waals surface area contributed by atoms with Gasteiger partial charge < -0.3 is 4.74 Å². The summed E-state index contributed by atoms with van der Waals surface area (Å²) in [5.41, 5.74) is -1.03. The third kappa shape index (κ3) is 9.14. The fraction of sp³-hybridized carbons (Fsp3) is 0.577. The molecule has 0 heterocycles. The molecule has 0 amide bonds. The molecule has 4 atom stereocenters. The number of benzene rings is 1. The van der Waals surface area contributed by atoms with Crippen LogP contribution in [-0.2, 0) is 15.8 Å². The number of esters is 1. The lowest BCUT2D eigenvalue weighted by Crippen LogP contribution is -2.25. The van der Waals surface area contributed by atoms with Crippen molar-refractivity contribution in [1.29, 1.82) is 0 Å². The Labute approximate surface area is 194 Å². The van der Waals surface area contributed by atoms with Crippen molar-refractivity contribution in [2.45, 2.75) is 73.4 Å². The molecule has 0 aromatic heterocycles. The molecule has 0 spiro atoms. The number of carbonyl (C=O) groups excluding carboxylic acids is 3. The van der Waals surface area contributed by atoms with Crippen LogP contribution in [0.1, 0.15) is 83.1 Å². The van der Waals surface area contributed by atoms with Crippen LogP contribution in [0, 0.1) is 23.7 Å². The van der Waals surface area contributed by atoms with Gasteiger partial charge in [0.15, 0.2) is 5.78 Å². The molecule has 1 rings (SSSR count). The van der Waals surface area contributed by atoms with E-state index < -0.39 is 17.7 Å². The van der Waals surface area contributed by atoms with Gasteiger partial charge >= 0.3 is 12.1 Å². The number of rotatable bonds is 12. The summed E-state index contributed by atoms with van der Waals surface area (Å²) < 4.78 is 44.0. The van der Waals surface area contributed by atoms with Gasteiger partial charge in [-0.15, -0.1) is 0 Å². The highest BCUT2D eigenvalue weighted by atomic mass is 19.4. The van der Waals surface area contributed by atoms with Crippen LogP contribution in [0.15, 0.2) is 30.4 Å². The van der Waals surface area contributed by atoms with Gasteiger partial charge in [0.05, 0.1) is 11.1 Å². The van der Waals surface area contributed by atoms with E-state index in [0.717, 1.165) is 25.5 Å². The first-order chi connectivity index (χ1) is 15.3. The van der Waals surface area contributed by atoms with Gasteiger partial charge in [0.25, 0.3) is 0 Å². The number of halogens is 3. The van der Waals surface area contributed by atoms with Crippen LogP contribution >= 0.6 is 0 Å². The van der Waals surface area contributed by atoms with Crippen LogP contribution in [0.2, 0.25) is 0 Å². The third-order valence-corrected chi connectivity index (χ3v) is 6.29. The highest BCUT2D eigenvalue weighted by Crippen LogP contribution is 2.35. The number of allylic oxidation sites excluding steroid dienone is 2. The van der Waals surface area contributed by atoms with Gasteiger partial charge in [-0.05, 0) is 48.3 Å². The Morgan fingerprint density at radius 1 is 0.970 bits per heavy atom. The van der Waals surface area contributed by atoms with E-state index >= 15 is 0 Å². The molecule has 0 bridgehead atoms. The molecule has 0 aliphatic rings. The van der Waals surface area contributed by atoms with Crippen molar-refractivity contribution < 1.29 is 32.3 Å². The highest BCUT2D eigenvalue weighted by molar-refractivity contribution is 5.99. The van der Waals surface area contributed by atoms with Crippen molar-refractivity contribution in [2.24, 2.45) is 23.7 Å². The van der Waals surface area contributed by atoms with Crippen molar-refractivity contribution >= 4 is 17.5 Å². The topological polar surface area (TPSA) is 60.4 Å². The predicted molar refractivity (Wildman–Crippen MR) is 122 cm³/mol. The zero-order valence-corrected chi connectivity index (χ0v) is 20.3. The van der Waals surface area contributed by atoms with Crippen molar-refractivity contribution in [1.82, 2.24) is 0 Å². The van der Waals surface area contributed by atoms with Crippen molar-refractivity contribution in [3.8, 4) is 5.75 Å². The summed E-state index contributed by atoms with van der Waals surface area (Å²) in [5.74, 6) is -1.10. The van der Waals surface area contributed by atoms with E-state index in [9.17, 15) is 27.6 Å². The first kappa shape index (κ1) is 28.6. The number of ketones is 2. The maximum atomic E-state index is 13.0. The number of hydrogen-bond donors (Lipinski definition) is 0. The summed E-state index contributed by atoms with van der Waals surface area (Å²) in [6.07, 6.45) is 1.08. The van der Waals surface area contributed by atoms with Crippen LogP contribution in [0.5, 0.6) is 5.75 Å². The molecule has 33 heavy (non-hydrogen) atoms. The molecule has 1 aromatic rings. The number of Topliss-reactive ketones (excluding diaryl/α,β-unsaturated/α-hetero) is 2. The molecule has 0 fully saturated rings. The van der Waals surface area contributed by atoms with Gasteiger partial charge in [0.1, 0.15) is 11.5 Å². The average molecular weight is 469 g/mol. The van der Waals surface area contributed by atoms with Crippen molar-refractivity contribution in [3.05, 3.63) is 41.5 Å². The Morgan fingerprint density at radius 3 is 2.06 bits per heavy atom. The van der Waals surface area contributed by atoms with E-state index in [1.807, 2.05) is 46.8 Å². The van der Waals surface area contributed by atoms with Gasteiger partial charge in [-0.1, -0.05) is 46.8 Å². The minimum absolute atomic E-state index is 0.0455. The zero-order valence-electron chi connectivity index (χ0n) is 20.3. The Kier molecular flexibility index (Phi) is 11.0. The summed E-state index contributed by atoms with van der Waals surface area (Å²) >= 11 is 0. The second-order valence-electron chi connectivity index (χ2n) is 8.93. The molecule has 0 saturated heterocycles. The SMILES string of the molecule is CC/C=C\CC(=O)CC(C)C(C)C(C)C(C)CC(=O)c1ccc(C(F)(F)F)cc1OC(C)=O. The first-order valence-electron chi connectivity index (χ1n) is 11.4. The standard InChI is InChI=1S/C26H35F3O4/c1-7-8-9-10-22(31)13-16(2)18(4)19(5)17(3)14-24(32)23-12-11-21(26(27,28)29)15-25(23)33-20(6)30/h8-9,11-12,15-19H,7,10,13-14H2,1-6H3/b9-8-. The summed E-state index contributed by atoms with van der Waals surface area (Å²) in [7, 11) is 0. The first-order valence-corrected chi connectivity index (χ1v) is 11.4. The minimum atomic E-state index is -4.62. The molecule has 0 aliphatic heterocycles. The number of ether oxygens (including phenoxy) is 1.